The second kappa shape index (κ2) is 8.69. The van der Waals surface area contributed by atoms with Crippen LogP contribution in [0, 0.1) is 0 Å². The fourth-order valence-electron chi connectivity index (χ4n) is 2.63. The third kappa shape index (κ3) is 3.98. The monoisotopic (exact) mass is 375 g/mol. The van der Waals surface area contributed by atoms with E-state index in [9.17, 15) is 0 Å². The van der Waals surface area contributed by atoms with Crippen molar-refractivity contribution in [1.29, 1.82) is 0 Å². The molecule has 0 bridgehead atoms. The highest BCUT2D eigenvalue weighted by atomic mass is 35.5. The number of aromatic nitrogens is 2. The van der Waals surface area contributed by atoms with Crippen LogP contribution in [-0.2, 0) is 0 Å². The van der Waals surface area contributed by atoms with Gasteiger partial charge in [0.05, 0.1) is 20.1 Å². The summed E-state index contributed by atoms with van der Waals surface area (Å²) >= 11 is 0. The first-order chi connectivity index (χ1) is 12.1. The maximum absolute atomic E-state index is 6.34. The van der Waals surface area contributed by atoms with E-state index in [0.717, 1.165) is 11.1 Å². The van der Waals surface area contributed by atoms with E-state index in [1.165, 1.54) is 0 Å². The summed E-state index contributed by atoms with van der Waals surface area (Å²) < 4.78 is 16.0. The van der Waals surface area contributed by atoms with Crippen LogP contribution in [0.25, 0.3) is 11.4 Å². The molecule has 138 valence electrons. The third-order valence-corrected chi connectivity index (χ3v) is 4.20. The van der Waals surface area contributed by atoms with E-state index < -0.39 is 0 Å². The fraction of sp³-hybridized carbons (Fsp3) is 0.263. The van der Waals surface area contributed by atoms with Crippen LogP contribution < -0.4 is 15.2 Å². The molecule has 7 heteroatoms. The molecule has 2 N–H and O–H groups in total. The SMILES string of the molecule is COc1ccc(-c2noc(C(C)C(N)c3ccccc3)n2)cc1OC.Cl. The summed E-state index contributed by atoms with van der Waals surface area (Å²) in [6.45, 7) is 1.98. The van der Waals surface area contributed by atoms with E-state index in [2.05, 4.69) is 10.1 Å². The quantitative estimate of drug-likeness (QED) is 0.701. The summed E-state index contributed by atoms with van der Waals surface area (Å²) in [6.07, 6.45) is 0. The lowest BCUT2D eigenvalue weighted by Gasteiger charge is -2.16. The summed E-state index contributed by atoms with van der Waals surface area (Å²) in [7, 11) is 3.18. The standard InChI is InChI=1S/C19H21N3O3.ClH/c1-12(17(20)13-7-5-4-6-8-13)19-21-18(22-25-19)14-9-10-15(23-2)16(11-14)24-3;/h4-12,17H,20H2,1-3H3;1H. The maximum atomic E-state index is 6.34. The number of hydrogen-bond donors (Lipinski definition) is 1. The molecule has 3 aromatic rings. The number of rotatable bonds is 6. The van der Waals surface area contributed by atoms with Crippen molar-refractivity contribution in [1.82, 2.24) is 10.1 Å². The molecule has 0 saturated carbocycles. The predicted octanol–water partition coefficient (Wildman–Crippen LogP) is 3.98. The van der Waals surface area contributed by atoms with Crippen LogP contribution in [0.4, 0.5) is 0 Å². The Morgan fingerprint density at radius 3 is 2.35 bits per heavy atom. The molecule has 2 aromatic carbocycles. The van der Waals surface area contributed by atoms with Crippen molar-refractivity contribution in [2.75, 3.05) is 14.2 Å². The number of halogens is 1. The minimum absolute atomic E-state index is 0. The van der Waals surface area contributed by atoms with Crippen LogP contribution >= 0.6 is 12.4 Å². The van der Waals surface area contributed by atoms with Gasteiger partial charge in [0.1, 0.15) is 0 Å². The Hall–Kier alpha value is -2.57. The summed E-state index contributed by atoms with van der Waals surface area (Å²) in [5.41, 5.74) is 8.15. The second-order valence-corrected chi connectivity index (χ2v) is 5.75. The molecule has 2 unspecified atom stereocenters. The average molecular weight is 376 g/mol. The molecular formula is C19H22ClN3O3. The number of ether oxygens (including phenoxy) is 2. The zero-order valence-corrected chi connectivity index (χ0v) is 15.7. The van der Waals surface area contributed by atoms with Gasteiger partial charge >= 0.3 is 0 Å². The highest BCUT2D eigenvalue weighted by Crippen LogP contribution is 2.33. The van der Waals surface area contributed by atoms with Gasteiger partial charge in [0.15, 0.2) is 11.5 Å². The zero-order chi connectivity index (χ0) is 17.8. The third-order valence-electron chi connectivity index (χ3n) is 4.20. The van der Waals surface area contributed by atoms with Crippen molar-refractivity contribution in [3.63, 3.8) is 0 Å². The van der Waals surface area contributed by atoms with Gasteiger partial charge in [-0.1, -0.05) is 42.4 Å². The number of nitrogens with two attached hydrogens (primary N) is 1. The van der Waals surface area contributed by atoms with Gasteiger partial charge in [-0.3, -0.25) is 0 Å². The van der Waals surface area contributed by atoms with Crippen molar-refractivity contribution in [3.8, 4) is 22.9 Å². The molecule has 0 fully saturated rings. The average Bonchev–Trinajstić information content (AvgIpc) is 3.17. The Bertz CT molecular complexity index is 839. The van der Waals surface area contributed by atoms with Crippen LogP contribution in [0.15, 0.2) is 53.1 Å². The topological polar surface area (TPSA) is 83.4 Å². The van der Waals surface area contributed by atoms with Gasteiger partial charge in [-0.2, -0.15) is 4.98 Å². The first kappa shape index (κ1) is 19.8. The van der Waals surface area contributed by atoms with Crippen LogP contribution in [0.2, 0.25) is 0 Å². The summed E-state index contributed by atoms with van der Waals surface area (Å²) in [6, 6.07) is 15.1. The molecule has 26 heavy (non-hydrogen) atoms. The molecule has 0 saturated heterocycles. The number of benzene rings is 2. The van der Waals surface area contributed by atoms with Gasteiger partial charge in [-0.25, -0.2) is 0 Å². The van der Waals surface area contributed by atoms with Crippen LogP contribution in [0.1, 0.15) is 30.3 Å². The van der Waals surface area contributed by atoms with Gasteiger partial charge in [0.25, 0.3) is 0 Å². The van der Waals surface area contributed by atoms with E-state index >= 15 is 0 Å². The van der Waals surface area contributed by atoms with E-state index in [1.54, 1.807) is 14.2 Å². The lowest BCUT2D eigenvalue weighted by Crippen LogP contribution is -2.17. The molecule has 3 rings (SSSR count). The van der Waals surface area contributed by atoms with Gasteiger partial charge in [0, 0.05) is 11.6 Å². The minimum Gasteiger partial charge on any atom is -0.493 e. The molecule has 0 aliphatic rings. The molecule has 2 atom stereocenters. The van der Waals surface area contributed by atoms with Gasteiger partial charge in [-0.05, 0) is 23.8 Å². The summed E-state index contributed by atoms with van der Waals surface area (Å²) in [5, 5.41) is 4.08. The van der Waals surface area contributed by atoms with Crippen LogP contribution in [0.5, 0.6) is 11.5 Å². The van der Waals surface area contributed by atoms with Gasteiger partial charge in [-0.15, -0.1) is 12.4 Å². The van der Waals surface area contributed by atoms with Gasteiger partial charge in [0.2, 0.25) is 11.7 Å². The molecule has 0 radical (unpaired) electrons. The van der Waals surface area contributed by atoms with Crippen molar-refractivity contribution >= 4 is 12.4 Å². The first-order valence-corrected chi connectivity index (χ1v) is 8.00. The van der Waals surface area contributed by atoms with Crippen molar-refractivity contribution in [2.45, 2.75) is 18.9 Å². The Morgan fingerprint density at radius 2 is 1.69 bits per heavy atom. The molecule has 6 nitrogen and oxygen atoms in total. The maximum Gasteiger partial charge on any atom is 0.231 e. The summed E-state index contributed by atoms with van der Waals surface area (Å²) in [5.74, 6) is 2.14. The lowest BCUT2D eigenvalue weighted by molar-refractivity contribution is 0.343. The molecule has 0 aliphatic carbocycles. The van der Waals surface area contributed by atoms with E-state index in [4.69, 9.17) is 19.7 Å². The Morgan fingerprint density at radius 1 is 1.00 bits per heavy atom. The van der Waals surface area contributed by atoms with E-state index in [1.807, 2.05) is 55.5 Å². The molecule has 0 spiro atoms. The number of nitrogens with zero attached hydrogens (tertiary/aromatic N) is 2. The zero-order valence-electron chi connectivity index (χ0n) is 14.9. The first-order valence-electron chi connectivity index (χ1n) is 8.00. The van der Waals surface area contributed by atoms with Crippen molar-refractivity contribution in [2.24, 2.45) is 5.73 Å². The van der Waals surface area contributed by atoms with Crippen molar-refractivity contribution in [3.05, 3.63) is 60.0 Å². The molecule has 1 heterocycles. The van der Waals surface area contributed by atoms with E-state index in [0.29, 0.717) is 23.2 Å². The lowest BCUT2D eigenvalue weighted by atomic mass is 9.95. The minimum atomic E-state index is -0.222. The van der Waals surface area contributed by atoms with E-state index in [-0.39, 0.29) is 24.4 Å². The smallest absolute Gasteiger partial charge is 0.231 e. The molecule has 1 aromatic heterocycles. The van der Waals surface area contributed by atoms with Crippen LogP contribution in [-0.4, -0.2) is 24.4 Å². The normalized spacial score (nSPS) is 12.8. The molecule has 0 aliphatic heterocycles. The molecule has 0 amide bonds. The van der Waals surface area contributed by atoms with Gasteiger partial charge < -0.3 is 19.7 Å². The molecular weight excluding hydrogens is 354 g/mol. The Labute approximate surface area is 158 Å². The summed E-state index contributed by atoms with van der Waals surface area (Å²) in [4.78, 5) is 4.50. The number of methoxy groups -OCH3 is 2. The highest BCUT2D eigenvalue weighted by molar-refractivity contribution is 5.85. The largest absolute Gasteiger partial charge is 0.493 e. The Kier molecular flexibility index (Phi) is 6.60. The Balaban J connectivity index is 0.00000243. The second-order valence-electron chi connectivity index (χ2n) is 5.75. The number of hydrogen-bond acceptors (Lipinski definition) is 6. The fourth-order valence-corrected chi connectivity index (χ4v) is 2.63. The van der Waals surface area contributed by atoms with Crippen LogP contribution in [0.3, 0.4) is 0 Å². The predicted molar refractivity (Wildman–Crippen MR) is 102 cm³/mol. The van der Waals surface area contributed by atoms with Crippen molar-refractivity contribution < 1.29 is 14.0 Å². The highest BCUT2D eigenvalue weighted by Gasteiger charge is 2.23.